The van der Waals surface area contributed by atoms with Crippen molar-refractivity contribution in [1.29, 1.82) is 0 Å². The second-order valence-corrected chi connectivity index (χ2v) is 8.04. The molecule has 2 unspecified atom stereocenters. The Morgan fingerprint density at radius 2 is 2.00 bits per heavy atom. The first-order valence-corrected chi connectivity index (χ1v) is 10.5. The van der Waals surface area contributed by atoms with Gasteiger partial charge in [-0.25, -0.2) is 0 Å². The lowest BCUT2D eigenvalue weighted by Crippen LogP contribution is -2.25. The average Bonchev–Trinajstić information content (AvgIpc) is 2.61. The van der Waals surface area contributed by atoms with Gasteiger partial charge in [-0.15, -0.1) is 0 Å². The highest BCUT2D eigenvalue weighted by Gasteiger charge is 2.32. The first kappa shape index (κ1) is 22.1. The molecule has 154 valence electrons. The number of hydrogen-bond donors (Lipinski definition) is 3. The average molecular weight is 386 g/mol. The minimum atomic E-state index is -0.281. The molecule has 28 heavy (non-hydrogen) atoms. The molecule has 0 saturated carbocycles. The normalized spacial score (nSPS) is 19.2. The maximum absolute atomic E-state index is 12.8. The van der Waals surface area contributed by atoms with E-state index in [0.717, 1.165) is 37.7 Å². The van der Waals surface area contributed by atoms with Crippen molar-refractivity contribution in [2.75, 3.05) is 6.54 Å². The number of rotatable bonds is 8. The zero-order valence-electron chi connectivity index (χ0n) is 17.8. The molecular weight excluding hydrogens is 350 g/mol. The highest BCUT2D eigenvalue weighted by molar-refractivity contribution is 5.99. The van der Waals surface area contributed by atoms with Gasteiger partial charge in [0, 0.05) is 18.0 Å². The van der Waals surface area contributed by atoms with Crippen LogP contribution in [0.25, 0.3) is 0 Å². The Morgan fingerprint density at radius 1 is 1.29 bits per heavy atom. The summed E-state index contributed by atoms with van der Waals surface area (Å²) in [6.45, 7) is 12.6. The third-order valence-electron chi connectivity index (χ3n) is 5.73. The molecule has 0 radical (unpaired) electrons. The van der Waals surface area contributed by atoms with Gasteiger partial charge >= 0.3 is 0 Å². The van der Waals surface area contributed by atoms with Crippen LogP contribution in [0, 0.1) is 5.92 Å². The number of benzene rings is 1. The zero-order valence-corrected chi connectivity index (χ0v) is 17.8. The maximum Gasteiger partial charge on any atom is 0.255 e. The minimum absolute atomic E-state index is 0.0687. The summed E-state index contributed by atoms with van der Waals surface area (Å²) in [6, 6.07) is 1.68. The second kappa shape index (κ2) is 9.81. The van der Waals surface area contributed by atoms with Gasteiger partial charge < -0.3 is 15.5 Å². The number of nitrogens with one attached hydrogen (secondary N) is 1. The van der Waals surface area contributed by atoms with Gasteiger partial charge in [0.2, 0.25) is 0 Å². The molecule has 0 aromatic heterocycles. The van der Waals surface area contributed by atoms with Crippen molar-refractivity contribution in [3.8, 4) is 11.5 Å². The molecule has 1 aliphatic carbocycles. The van der Waals surface area contributed by atoms with Crippen LogP contribution in [0.1, 0.15) is 87.2 Å². The predicted molar refractivity (Wildman–Crippen MR) is 115 cm³/mol. The van der Waals surface area contributed by atoms with E-state index < -0.39 is 0 Å². The van der Waals surface area contributed by atoms with Crippen molar-refractivity contribution in [1.82, 2.24) is 5.32 Å². The third-order valence-corrected chi connectivity index (χ3v) is 5.73. The van der Waals surface area contributed by atoms with Crippen molar-refractivity contribution < 1.29 is 15.0 Å². The summed E-state index contributed by atoms with van der Waals surface area (Å²) < 4.78 is 0. The Hall–Kier alpha value is -2.23. The van der Waals surface area contributed by atoms with E-state index in [-0.39, 0.29) is 29.2 Å². The number of phenols is 2. The highest BCUT2D eigenvalue weighted by Crippen LogP contribution is 2.48. The Labute approximate surface area is 169 Å². The second-order valence-electron chi connectivity index (χ2n) is 8.04. The van der Waals surface area contributed by atoms with Crippen LogP contribution in [0.5, 0.6) is 11.5 Å². The molecule has 4 nitrogen and oxygen atoms in total. The number of aryl methyl sites for hydroxylation is 1. The van der Waals surface area contributed by atoms with E-state index in [2.05, 4.69) is 31.8 Å². The summed E-state index contributed by atoms with van der Waals surface area (Å²) in [7, 11) is 0. The van der Waals surface area contributed by atoms with Gasteiger partial charge in [0.15, 0.2) is 0 Å². The Balaban J connectivity index is 2.61. The Kier molecular flexibility index (Phi) is 7.73. The number of allylic oxidation sites excluding steroid dienone is 3. The SMILES string of the molecule is C=C(C)C1CCC(C)=CC1c1c(O)cc(CCCCC)c(C(=O)NCC)c1O. The first-order valence-electron chi connectivity index (χ1n) is 10.5. The molecule has 0 aliphatic heterocycles. The number of amides is 1. The van der Waals surface area contributed by atoms with E-state index in [4.69, 9.17) is 0 Å². The molecular formula is C24H35NO3. The van der Waals surface area contributed by atoms with E-state index in [1.165, 1.54) is 5.57 Å². The third kappa shape index (κ3) is 4.78. The van der Waals surface area contributed by atoms with Crippen LogP contribution in [0.4, 0.5) is 0 Å². The number of carbonyl (C=O) groups is 1. The molecule has 0 fully saturated rings. The summed E-state index contributed by atoms with van der Waals surface area (Å²) >= 11 is 0. The molecule has 1 aromatic rings. The van der Waals surface area contributed by atoms with E-state index in [1.807, 2.05) is 13.8 Å². The standard InChI is InChI=1S/C24H35NO3/c1-6-8-9-10-17-14-20(26)22(23(27)21(17)24(28)25-7-2)19-13-16(5)11-12-18(19)15(3)4/h13-14,18-19,26-27H,3,6-12H2,1-2,4-5H3,(H,25,28). The van der Waals surface area contributed by atoms with Crippen LogP contribution in [-0.2, 0) is 6.42 Å². The maximum atomic E-state index is 12.8. The molecule has 0 heterocycles. The zero-order chi connectivity index (χ0) is 20.8. The molecule has 0 bridgehead atoms. The number of carbonyl (C=O) groups excluding carboxylic acids is 1. The fourth-order valence-corrected chi connectivity index (χ4v) is 4.22. The number of phenolic OH excluding ortho intramolecular Hbond substituents is 2. The molecule has 3 N–H and O–H groups in total. The fraction of sp³-hybridized carbons (Fsp3) is 0.542. The molecule has 2 rings (SSSR count). The molecule has 2 atom stereocenters. The number of hydrogen-bond acceptors (Lipinski definition) is 3. The highest BCUT2D eigenvalue weighted by atomic mass is 16.3. The van der Waals surface area contributed by atoms with E-state index >= 15 is 0 Å². The van der Waals surface area contributed by atoms with Crippen molar-refractivity contribution in [2.24, 2.45) is 5.92 Å². The molecule has 0 saturated heterocycles. The number of unbranched alkanes of at least 4 members (excludes halogenated alkanes) is 2. The van der Waals surface area contributed by atoms with Crippen LogP contribution in [0.15, 0.2) is 29.9 Å². The van der Waals surface area contributed by atoms with E-state index in [0.29, 0.717) is 29.7 Å². The van der Waals surface area contributed by atoms with Crippen LogP contribution < -0.4 is 5.32 Å². The van der Waals surface area contributed by atoms with E-state index in [9.17, 15) is 15.0 Å². The van der Waals surface area contributed by atoms with Crippen molar-refractivity contribution >= 4 is 5.91 Å². The topological polar surface area (TPSA) is 69.6 Å². The molecule has 0 spiro atoms. The predicted octanol–water partition coefficient (Wildman–Crippen LogP) is 5.60. The summed E-state index contributed by atoms with van der Waals surface area (Å²) in [5.74, 6) is -0.340. The summed E-state index contributed by atoms with van der Waals surface area (Å²) in [5, 5.41) is 24.8. The van der Waals surface area contributed by atoms with Crippen molar-refractivity contribution in [3.05, 3.63) is 46.6 Å². The van der Waals surface area contributed by atoms with Crippen LogP contribution in [0.3, 0.4) is 0 Å². The summed E-state index contributed by atoms with van der Waals surface area (Å²) in [5.41, 5.74) is 3.73. The lowest BCUT2D eigenvalue weighted by Gasteiger charge is -2.32. The minimum Gasteiger partial charge on any atom is -0.507 e. The Bertz CT molecular complexity index is 764. The fourth-order valence-electron chi connectivity index (χ4n) is 4.22. The van der Waals surface area contributed by atoms with Gasteiger partial charge in [-0.2, -0.15) is 0 Å². The van der Waals surface area contributed by atoms with Crippen molar-refractivity contribution in [3.63, 3.8) is 0 Å². The van der Waals surface area contributed by atoms with Crippen LogP contribution in [-0.4, -0.2) is 22.7 Å². The van der Waals surface area contributed by atoms with Crippen LogP contribution in [0.2, 0.25) is 0 Å². The quantitative estimate of drug-likeness (QED) is 0.403. The van der Waals surface area contributed by atoms with Gasteiger partial charge in [-0.3, -0.25) is 4.79 Å². The molecule has 4 heteroatoms. The lowest BCUT2D eigenvalue weighted by molar-refractivity contribution is 0.0952. The summed E-state index contributed by atoms with van der Waals surface area (Å²) in [6.07, 6.45) is 7.70. The monoisotopic (exact) mass is 385 g/mol. The Morgan fingerprint density at radius 3 is 2.61 bits per heavy atom. The van der Waals surface area contributed by atoms with Gasteiger partial charge in [0.05, 0.1) is 5.56 Å². The molecule has 1 amide bonds. The van der Waals surface area contributed by atoms with Gasteiger partial charge in [-0.05, 0) is 64.0 Å². The van der Waals surface area contributed by atoms with Gasteiger partial charge in [0.25, 0.3) is 5.91 Å². The van der Waals surface area contributed by atoms with Gasteiger partial charge in [0.1, 0.15) is 11.5 Å². The molecule has 1 aromatic carbocycles. The summed E-state index contributed by atoms with van der Waals surface area (Å²) in [4.78, 5) is 12.8. The van der Waals surface area contributed by atoms with Gasteiger partial charge in [-0.1, -0.05) is 43.6 Å². The number of aromatic hydroxyl groups is 2. The largest absolute Gasteiger partial charge is 0.507 e. The first-order chi connectivity index (χ1) is 13.3. The van der Waals surface area contributed by atoms with Crippen molar-refractivity contribution in [2.45, 2.75) is 72.1 Å². The molecule has 1 aliphatic rings. The van der Waals surface area contributed by atoms with E-state index in [1.54, 1.807) is 6.07 Å². The van der Waals surface area contributed by atoms with Crippen LogP contribution >= 0.6 is 0 Å². The lowest BCUT2D eigenvalue weighted by atomic mass is 9.73. The smallest absolute Gasteiger partial charge is 0.255 e.